The number of nitrogens with one attached hydrogen (secondary N) is 1. The molecule has 0 aliphatic carbocycles. The second-order valence-corrected chi connectivity index (χ2v) is 4.67. The lowest BCUT2D eigenvalue weighted by molar-refractivity contribution is 0.883. The summed E-state index contributed by atoms with van der Waals surface area (Å²) < 4.78 is 0. The summed E-state index contributed by atoms with van der Waals surface area (Å²) in [6, 6.07) is 16.6. The predicted molar refractivity (Wildman–Crippen MR) is 74.7 cm³/mol. The third-order valence-electron chi connectivity index (χ3n) is 2.86. The largest absolute Gasteiger partial charge is 0.378 e. The minimum absolute atomic E-state index is 0.288. The topological polar surface area (TPSA) is 12.0 Å². The van der Waals surface area contributed by atoms with Crippen molar-refractivity contribution in [2.45, 2.75) is 19.9 Å². The van der Waals surface area contributed by atoms with Gasteiger partial charge in [0.1, 0.15) is 0 Å². The second-order valence-electron chi connectivity index (χ2n) is 4.24. The molecule has 0 saturated heterocycles. The van der Waals surface area contributed by atoms with E-state index in [2.05, 4.69) is 43.4 Å². The van der Waals surface area contributed by atoms with Crippen LogP contribution in [0.25, 0.3) is 0 Å². The first-order valence-electron chi connectivity index (χ1n) is 5.74. The zero-order valence-electron chi connectivity index (χ0n) is 10.1. The Morgan fingerprint density at radius 1 is 1.06 bits per heavy atom. The van der Waals surface area contributed by atoms with E-state index < -0.39 is 0 Å². The highest BCUT2D eigenvalue weighted by Gasteiger charge is 2.06. The second kappa shape index (κ2) is 5.24. The molecule has 0 spiro atoms. The number of aryl methyl sites for hydroxylation is 1. The molecular weight excluding hydrogens is 230 g/mol. The Morgan fingerprint density at radius 2 is 1.76 bits per heavy atom. The monoisotopic (exact) mass is 245 g/mol. The molecule has 1 atom stereocenters. The van der Waals surface area contributed by atoms with Crippen LogP contribution in [-0.4, -0.2) is 0 Å². The van der Waals surface area contributed by atoms with Crippen LogP contribution in [0.2, 0.25) is 5.02 Å². The van der Waals surface area contributed by atoms with E-state index in [1.54, 1.807) is 0 Å². The summed E-state index contributed by atoms with van der Waals surface area (Å²) in [7, 11) is 0. The summed E-state index contributed by atoms with van der Waals surface area (Å²) in [5.74, 6) is 0. The van der Waals surface area contributed by atoms with Gasteiger partial charge in [-0.3, -0.25) is 0 Å². The predicted octanol–water partition coefficient (Wildman–Crippen LogP) is 4.82. The average Bonchev–Trinajstić information content (AvgIpc) is 2.34. The quantitative estimate of drug-likeness (QED) is 0.817. The number of hydrogen-bond donors (Lipinski definition) is 1. The molecule has 2 aromatic carbocycles. The minimum Gasteiger partial charge on any atom is -0.378 e. The van der Waals surface area contributed by atoms with Crippen LogP contribution in [-0.2, 0) is 0 Å². The fourth-order valence-electron chi connectivity index (χ4n) is 1.85. The van der Waals surface area contributed by atoms with Crippen molar-refractivity contribution in [2.24, 2.45) is 0 Å². The van der Waals surface area contributed by atoms with Gasteiger partial charge in [-0.2, -0.15) is 0 Å². The van der Waals surface area contributed by atoms with Crippen LogP contribution in [0.3, 0.4) is 0 Å². The van der Waals surface area contributed by atoms with Crippen molar-refractivity contribution in [1.82, 2.24) is 0 Å². The molecule has 17 heavy (non-hydrogen) atoms. The third-order valence-corrected chi connectivity index (χ3v) is 3.10. The van der Waals surface area contributed by atoms with E-state index in [1.165, 1.54) is 11.1 Å². The highest BCUT2D eigenvalue weighted by Crippen LogP contribution is 2.24. The van der Waals surface area contributed by atoms with Gasteiger partial charge in [-0.05, 0) is 43.2 Å². The summed E-state index contributed by atoms with van der Waals surface area (Å²) in [5.41, 5.74) is 3.58. The fourth-order valence-corrected chi connectivity index (χ4v) is 2.07. The molecule has 0 aromatic heterocycles. The van der Waals surface area contributed by atoms with Gasteiger partial charge in [0.05, 0.1) is 0 Å². The van der Waals surface area contributed by atoms with Gasteiger partial charge >= 0.3 is 0 Å². The third kappa shape index (κ3) is 3.01. The lowest BCUT2D eigenvalue weighted by Gasteiger charge is -2.17. The molecule has 2 aromatic rings. The molecule has 0 fully saturated rings. The number of anilines is 1. The van der Waals surface area contributed by atoms with E-state index in [9.17, 15) is 0 Å². The standard InChI is InChI=1S/C15H16ClN/c1-11-10-14(16)8-9-15(11)17-12(2)13-6-4-3-5-7-13/h3-10,12,17H,1-2H3. The maximum Gasteiger partial charge on any atom is 0.0485 e. The molecule has 2 rings (SSSR count). The van der Waals surface area contributed by atoms with Crippen LogP contribution in [0.15, 0.2) is 48.5 Å². The molecule has 88 valence electrons. The molecule has 0 aliphatic rings. The highest BCUT2D eigenvalue weighted by atomic mass is 35.5. The first-order chi connectivity index (χ1) is 8.16. The first kappa shape index (κ1) is 12.0. The smallest absolute Gasteiger partial charge is 0.0485 e. The fraction of sp³-hybridized carbons (Fsp3) is 0.200. The van der Waals surface area contributed by atoms with E-state index in [4.69, 9.17) is 11.6 Å². The van der Waals surface area contributed by atoms with E-state index in [0.29, 0.717) is 0 Å². The van der Waals surface area contributed by atoms with Gasteiger partial charge in [0.15, 0.2) is 0 Å². The Balaban J connectivity index is 2.16. The van der Waals surface area contributed by atoms with Crippen LogP contribution in [0, 0.1) is 6.92 Å². The van der Waals surface area contributed by atoms with Crippen LogP contribution in [0.1, 0.15) is 24.1 Å². The lowest BCUT2D eigenvalue weighted by atomic mass is 10.1. The van der Waals surface area contributed by atoms with Crippen molar-refractivity contribution in [2.75, 3.05) is 5.32 Å². The molecule has 0 aliphatic heterocycles. The summed E-state index contributed by atoms with van der Waals surface area (Å²) in [5, 5.41) is 4.27. The molecule has 0 saturated carbocycles. The van der Waals surface area contributed by atoms with Gasteiger partial charge in [0.2, 0.25) is 0 Å². The number of hydrogen-bond acceptors (Lipinski definition) is 1. The van der Waals surface area contributed by atoms with Gasteiger partial charge in [0, 0.05) is 16.8 Å². The van der Waals surface area contributed by atoms with Gasteiger partial charge < -0.3 is 5.32 Å². The molecule has 2 heteroatoms. The van der Waals surface area contributed by atoms with E-state index in [0.717, 1.165) is 10.7 Å². The zero-order chi connectivity index (χ0) is 12.3. The van der Waals surface area contributed by atoms with Crippen molar-refractivity contribution in [3.8, 4) is 0 Å². The maximum absolute atomic E-state index is 5.94. The molecular formula is C15H16ClN. The summed E-state index contributed by atoms with van der Waals surface area (Å²) >= 11 is 5.94. The molecule has 0 bridgehead atoms. The Morgan fingerprint density at radius 3 is 2.41 bits per heavy atom. The van der Waals surface area contributed by atoms with E-state index in [-0.39, 0.29) is 6.04 Å². The van der Waals surface area contributed by atoms with Crippen molar-refractivity contribution in [3.63, 3.8) is 0 Å². The summed E-state index contributed by atoms with van der Waals surface area (Å²) in [6.07, 6.45) is 0. The van der Waals surface area contributed by atoms with Crippen LogP contribution >= 0.6 is 11.6 Å². The zero-order valence-corrected chi connectivity index (χ0v) is 10.8. The highest BCUT2D eigenvalue weighted by molar-refractivity contribution is 6.30. The molecule has 1 unspecified atom stereocenters. The van der Waals surface area contributed by atoms with Crippen LogP contribution < -0.4 is 5.32 Å². The van der Waals surface area contributed by atoms with Crippen molar-refractivity contribution in [3.05, 3.63) is 64.7 Å². The Labute approximate surface area is 107 Å². The molecule has 0 radical (unpaired) electrons. The van der Waals surface area contributed by atoms with E-state index in [1.807, 2.05) is 24.3 Å². The summed E-state index contributed by atoms with van der Waals surface area (Å²) in [6.45, 7) is 4.22. The Hall–Kier alpha value is -1.47. The van der Waals surface area contributed by atoms with Crippen molar-refractivity contribution >= 4 is 17.3 Å². The van der Waals surface area contributed by atoms with Gasteiger partial charge in [0.25, 0.3) is 0 Å². The Bertz CT molecular complexity index is 494. The van der Waals surface area contributed by atoms with Gasteiger partial charge in [-0.25, -0.2) is 0 Å². The normalized spacial score (nSPS) is 12.2. The van der Waals surface area contributed by atoms with Gasteiger partial charge in [-0.15, -0.1) is 0 Å². The average molecular weight is 246 g/mol. The number of benzene rings is 2. The molecule has 1 nitrogen and oxygen atoms in total. The lowest BCUT2D eigenvalue weighted by Crippen LogP contribution is -2.07. The molecule has 0 heterocycles. The summed E-state index contributed by atoms with van der Waals surface area (Å²) in [4.78, 5) is 0. The van der Waals surface area contributed by atoms with Crippen molar-refractivity contribution in [1.29, 1.82) is 0 Å². The SMILES string of the molecule is Cc1cc(Cl)ccc1NC(C)c1ccccc1. The first-order valence-corrected chi connectivity index (χ1v) is 6.12. The molecule has 0 amide bonds. The van der Waals surface area contributed by atoms with Crippen LogP contribution in [0.4, 0.5) is 5.69 Å². The molecule has 1 N–H and O–H groups in total. The number of rotatable bonds is 3. The Kier molecular flexibility index (Phi) is 3.70. The van der Waals surface area contributed by atoms with Crippen molar-refractivity contribution < 1.29 is 0 Å². The van der Waals surface area contributed by atoms with Crippen LogP contribution in [0.5, 0.6) is 0 Å². The van der Waals surface area contributed by atoms with E-state index >= 15 is 0 Å². The number of halogens is 1. The minimum atomic E-state index is 0.288. The van der Waals surface area contributed by atoms with Gasteiger partial charge in [-0.1, -0.05) is 41.9 Å². The maximum atomic E-state index is 5.94.